The zero-order valence-electron chi connectivity index (χ0n) is 10.7. The Bertz CT molecular complexity index is 684. The Morgan fingerprint density at radius 2 is 2.16 bits per heavy atom. The number of aryl methyl sites for hydroxylation is 2. The first-order valence-electron chi connectivity index (χ1n) is 5.94. The van der Waals surface area contributed by atoms with Crippen molar-refractivity contribution in [3.8, 4) is 5.75 Å². The highest BCUT2D eigenvalue weighted by Gasteiger charge is 2.11. The number of aliphatic carboxylic acids is 1. The van der Waals surface area contributed by atoms with Gasteiger partial charge in [-0.1, -0.05) is 6.92 Å². The topological polar surface area (TPSA) is 76.7 Å². The van der Waals surface area contributed by atoms with Gasteiger partial charge in [0.1, 0.15) is 11.3 Å². The number of rotatable bonds is 4. The summed E-state index contributed by atoms with van der Waals surface area (Å²) in [4.78, 5) is 22.0. The minimum Gasteiger partial charge on any atom is -0.481 e. The Balaban J connectivity index is 2.58. The maximum Gasteiger partial charge on any atom is 0.341 e. The normalized spacial score (nSPS) is 10.6. The molecule has 0 amide bonds. The summed E-state index contributed by atoms with van der Waals surface area (Å²) in [5.41, 5.74) is 1.57. The van der Waals surface area contributed by atoms with Crippen LogP contribution in [-0.4, -0.2) is 17.7 Å². The summed E-state index contributed by atoms with van der Waals surface area (Å²) < 4.78 is 10.4. The van der Waals surface area contributed by atoms with Gasteiger partial charge in [0.05, 0.1) is 0 Å². The first-order chi connectivity index (χ1) is 9.02. The molecule has 0 aliphatic carbocycles. The van der Waals surface area contributed by atoms with E-state index in [0.717, 1.165) is 17.4 Å². The molecule has 0 radical (unpaired) electrons. The van der Waals surface area contributed by atoms with Gasteiger partial charge in [-0.05, 0) is 31.0 Å². The molecule has 100 valence electrons. The summed E-state index contributed by atoms with van der Waals surface area (Å²) in [6.45, 7) is 3.27. The Morgan fingerprint density at radius 1 is 1.42 bits per heavy atom. The molecule has 0 aliphatic rings. The van der Waals surface area contributed by atoms with Crippen LogP contribution in [0, 0.1) is 6.92 Å². The van der Waals surface area contributed by atoms with Gasteiger partial charge >= 0.3 is 11.6 Å². The molecule has 0 saturated heterocycles. The molecule has 1 aromatic carbocycles. The predicted molar refractivity (Wildman–Crippen MR) is 69.7 cm³/mol. The molecule has 2 aromatic rings. The lowest BCUT2D eigenvalue weighted by molar-refractivity contribution is -0.139. The molecule has 2 rings (SSSR count). The second kappa shape index (κ2) is 5.14. The average molecular weight is 262 g/mol. The lowest BCUT2D eigenvalue weighted by atomic mass is 10.0. The molecule has 1 N–H and O–H groups in total. The van der Waals surface area contributed by atoms with E-state index in [1.165, 1.54) is 6.07 Å². The van der Waals surface area contributed by atoms with Crippen LogP contribution in [0.1, 0.15) is 18.1 Å². The predicted octanol–water partition coefficient (Wildman–Crippen LogP) is 2.13. The molecule has 19 heavy (non-hydrogen) atoms. The fourth-order valence-electron chi connectivity index (χ4n) is 2.00. The van der Waals surface area contributed by atoms with E-state index in [1.807, 2.05) is 6.92 Å². The zero-order valence-corrected chi connectivity index (χ0v) is 10.7. The quantitative estimate of drug-likeness (QED) is 0.854. The molecule has 0 bridgehead atoms. The molecule has 0 fully saturated rings. The van der Waals surface area contributed by atoms with Crippen molar-refractivity contribution >= 4 is 16.9 Å². The summed E-state index contributed by atoms with van der Waals surface area (Å²) >= 11 is 0. The maximum atomic E-state index is 11.5. The highest BCUT2D eigenvalue weighted by molar-refractivity contribution is 5.85. The summed E-state index contributed by atoms with van der Waals surface area (Å²) in [5, 5.41) is 9.46. The van der Waals surface area contributed by atoms with Crippen LogP contribution < -0.4 is 10.4 Å². The Hall–Kier alpha value is -2.30. The number of ether oxygens (including phenoxy) is 1. The second-order valence-corrected chi connectivity index (χ2v) is 4.19. The van der Waals surface area contributed by atoms with Crippen LogP contribution in [0.25, 0.3) is 11.0 Å². The van der Waals surface area contributed by atoms with Crippen molar-refractivity contribution in [1.82, 2.24) is 0 Å². The molecular formula is C14H14O5. The highest BCUT2D eigenvalue weighted by atomic mass is 16.5. The summed E-state index contributed by atoms with van der Waals surface area (Å²) in [5.74, 6) is -0.644. The van der Waals surface area contributed by atoms with Gasteiger partial charge in [0.2, 0.25) is 0 Å². The molecule has 1 aromatic heterocycles. The van der Waals surface area contributed by atoms with Gasteiger partial charge in [-0.3, -0.25) is 0 Å². The highest BCUT2D eigenvalue weighted by Crippen LogP contribution is 2.28. The molecule has 5 heteroatoms. The van der Waals surface area contributed by atoms with E-state index in [1.54, 1.807) is 19.1 Å². The van der Waals surface area contributed by atoms with Crippen LogP contribution in [0.15, 0.2) is 27.4 Å². The van der Waals surface area contributed by atoms with Gasteiger partial charge in [0.25, 0.3) is 0 Å². The largest absolute Gasteiger partial charge is 0.481 e. The van der Waals surface area contributed by atoms with Crippen molar-refractivity contribution in [2.45, 2.75) is 20.3 Å². The number of carboxylic acid groups (broad SMARTS) is 1. The van der Waals surface area contributed by atoms with Gasteiger partial charge in [-0.15, -0.1) is 0 Å². The number of hydrogen-bond acceptors (Lipinski definition) is 4. The van der Waals surface area contributed by atoms with Crippen molar-refractivity contribution < 1.29 is 19.1 Å². The molecule has 0 spiro atoms. The number of hydrogen-bond donors (Lipinski definition) is 1. The Kier molecular flexibility index (Phi) is 3.55. The molecule has 1 heterocycles. The molecule has 0 saturated carbocycles. The number of carboxylic acids is 1. The van der Waals surface area contributed by atoms with Gasteiger partial charge in [0.15, 0.2) is 6.61 Å². The summed E-state index contributed by atoms with van der Waals surface area (Å²) in [6, 6.07) is 4.95. The maximum absolute atomic E-state index is 11.5. The van der Waals surface area contributed by atoms with E-state index >= 15 is 0 Å². The lowest BCUT2D eigenvalue weighted by Crippen LogP contribution is -2.10. The zero-order chi connectivity index (χ0) is 14.0. The van der Waals surface area contributed by atoms with E-state index in [9.17, 15) is 9.59 Å². The lowest BCUT2D eigenvalue weighted by Gasteiger charge is -2.10. The van der Waals surface area contributed by atoms with Crippen molar-refractivity contribution in [3.63, 3.8) is 0 Å². The van der Waals surface area contributed by atoms with Gasteiger partial charge < -0.3 is 14.3 Å². The van der Waals surface area contributed by atoms with Gasteiger partial charge in [-0.25, -0.2) is 9.59 Å². The molecular weight excluding hydrogens is 248 g/mol. The third-order valence-corrected chi connectivity index (χ3v) is 2.93. The number of fused-ring (bicyclic) bond motifs is 1. The molecule has 0 atom stereocenters. The first kappa shape index (κ1) is 13.1. The standard InChI is InChI=1S/C14H14O5/c1-3-9-6-13(17)19-14-8(2)11(5-4-10(9)14)18-7-12(15)16/h4-6H,3,7H2,1-2H3,(H,15,16). The third kappa shape index (κ3) is 2.59. The van der Waals surface area contributed by atoms with Crippen LogP contribution in [0.2, 0.25) is 0 Å². The van der Waals surface area contributed by atoms with Crippen LogP contribution in [0.4, 0.5) is 0 Å². The van der Waals surface area contributed by atoms with E-state index < -0.39 is 18.2 Å². The smallest absolute Gasteiger partial charge is 0.341 e. The van der Waals surface area contributed by atoms with Crippen LogP contribution in [0.5, 0.6) is 5.75 Å². The summed E-state index contributed by atoms with van der Waals surface area (Å²) in [7, 11) is 0. The van der Waals surface area contributed by atoms with E-state index in [2.05, 4.69) is 0 Å². The van der Waals surface area contributed by atoms with Crippen LogP contribution in [0.3, 0.4) is 0 Å². The van der Waals surface area contributed by atoms with Crippen molar-refractivity contribution in [3.05, 3.63) is 39.7 Å². The minimum absolute atomic E-state index is 0.409. The average Bonchev–Trinajstić information content (AvgIpc) is 2.37. The minimum atomic E-state index is -1.05. The Morgan fingerprint density at radius 3 is 2.79 bits per heavy atom. The molecule has 0 unspecified atom stereocenters. The number of carbonyl (C=O) groups is 1. The van der Waals surface area contributed by atoms with Gasteiger partial charge in [0, 0.05) is 17.0 Å². The molecule has 5 nitrogen and oxygen atoms in total. The summed E-state index contributed by atoms with van der Waals surface area (Å²) in [6.07, 6.45) is 0.719. The SMILES string of the molecule is CCc1cc(=O)oc2c(C)c(OCC(=O)O)ccc12. The molecule has 0 aliphatic heterocycles. The van der Waals surface area contributed by atoms with E-state index in [4.69, 9.17) is 14.3 Å². The van der Waals surface area contributed by atoms with Crippen molar-refractivity contribution in [1.29, 1.82) is 0 Å². The van der Waals surface area contributed by atoms with Crippen LogP contribution >= 0.6 is 0 Å². The van der Waals surface area contributed by atoms with Crippen LogP contribution in [-0.2, 0) is 11.2 Å². The fourth-order valence-corrected chi connectivity index (χ4v) is 2.00. The Labute approximate surface area is 109 Å². The third-order valence-electron chi connectivity index (χ3n) is 2.93. The second-order valence-electron chi connectivity index (χ2n) is 4.19. The van der Waals surface area contributed by atoms with E-state index in [0.29, 0.717) is 16.9 Å². The fraction of sp³-hybridized carbons (Fsp3) is 0.286. The van der Waals surface area contributed by atoms with E-state index in [-0.39, 0.29) is 0 Å². The van der Waals surface area contributed by atoms with Crippen molar-refractivity contribution in [2.24, 2.45) is 0 Å². The van der Waals surface area contributed by atoms with Crippen molar-refractivity contribution in [2.75, 3.05) is 6.61 Å². The first-order valence-corrected chi connectivity index (χ1v) is 5.94. The monoisotopic (exact) mass is 262 g/mol. The van der Waals surface area contributed by atoms with Gasteiger partial charge in [-0.2, -0.15) is 0 Å². The number of benzene rings is 1.